The van der Waals surface area contributed by atoms with E-state index in [-0.39, 0.29) is 12.4 Å². The molecular weight excluding hydrogens is 276 g/mol. The molecule has 1 heterocycles. The SMILES string of the molecule is Cl.NCCCOC1CCN(C(=O)CCC2CCC2)CC1. The van der Waals surface area contributed by atoms with Gasteiger partial charge in [0.05, 0.1) is 6.10 Å². The van der Waals surface area contributed by atoms with Crippen molar-refractivity contribution in [3.05, 3.63) is 0 Å². The molecule has 0 aromatic carbocycles. The molecular formula is C15H29ClN2O2. The Bertz CT molecular complexity index is 277. The predicted molar refractivity (Wildman–Crippen MR) is 83.0 cm³/mol. The normalized spacial score (nSPS) is 20.4. The third-order valence-electron chi connectivity index (χ3n) is 4.49. The van der Waals surface area contributed by atoms with Crippen LogP contribution < -0.4 is 5.73 Å². The number of ether oxygens (including phenoxy) is 1. The molecule has 0 aromatic heterocycles. The molecule has 0 aromatic rings. The highest BCUT2D eigenvalue weighted by atomic mass is 35.5. The van der Waals surface area contributed by atoms with E-state index in [4.69, 9.17) is 10.5 Å². The maximum absolute atomic E-state index is 12.1. The van der Waals surface area contributed by atoms with Crippen LogP contribution in [0.1, 0.15) is 51.4 Å². The molecule has 0 atom stereocenters. The topological polar surface area (TPSA) is 55.6 Å². The average Bonchev–Trinajstić information content (AvgIpc) is 2.38. The van der Waals surface area contributed by atoms with Gasteiger partial charge in [0.25, 0.3) is 0 Å². The van der Waals surface area contributed by atoms with Crippen molar-refractivity contribution in [3.8, 4) is 0 Å². The van der Waals surface area contributed by atoms with Gasteiger partial charge in [-0.05, 0) is 38.1 Å². The van der Waals surface area contributed by atoms with Gasteiger partial charge in [0.15, 0.2) is 0 Å². The Balaban J connectivity index is 0.00000200. The van der Waals surface area contributed by atoms with Crippen LogP contribution in [0.4, 0.5) is 0 Å². The number of nitrogens with two attached hydrogens (primary N) is 1. The van der Waals surface area contributed by atoms with Crippen molar-refractivity contribution in [2.24, 2.45) is 11.7 Å². The van der Waals surface area contributed by atoms with E-state index in [1.807, 2.05) is 4.90 Å². The van der Waals surface area contributed by atoms with Gasteiger partial charge in [-0.15, -0.1) is 12.4 Å². The first kappa shape index (κ1) is 17.7. The van der Waals surface area contributed by atoms with Crippen LogP contribution in [-0.2, 0) is 9.53 Å². The first-order chi connectivity index (χ1) is 9.29. The maximum atomic E-state index is 12.1. The van der Waals surface area contributed by atoms with E-state index >= 15 is 0 Å². The number of carbonyl (C=O) groups excluding carboxylic acids is 1. The first-order valence-electron chi connectivity index (χ1n) is 7.89. The van der Waals surface area contributed by atoms with Crippen LogP contribution in [0.25, 0.3) is 0 Å². The van der Waals surface area contributed by atoms with E-state index in [1.54, 1.807) is 0 Å². The second-order valence-corrected chi connectivity index (χ2v) is 5.93. The lowest BCUT2D eigenvalue weighted by Crippen LogP contribution is -2.41. The first-order valence-corrected chi connectivity index (χ1v) is 7.89. The quantitative estimate of drug-likeness (QED) is 0.735. The second-order valence-electron chi connectivity index (χ2n) is 5.93. The summed E-state index contributed by atoms with van der Waals surface area (Å²) in [6, 6.07) is 0. The highest BCUT2D eigenvalue weighted by molar-refractivity contribution is 5.85. The Labute approximate surface area is 128 Å². The minimum atomic E-state index is 0. The summed E-state index contributed by atoms with van der Waals surface area (Å²) in [6.07, 6.45) is 9.14. The molecule has 2 aliphatic rings. The van der Waals surface area contributed by atoms with E-state index in [2.05, 4.69) is 0 Å². The molecule has 1 saturated carbocycles. The molecule has 1 saturated heterocycles. The summed E-state index contributed by atoms with van der Waals surface area (Å²) in [5.74, 6) is 1.19. The number of amides is 1. The summed E-state index contributed by atoms with van der Waals surface area (Å²) in [5.41, 5.74) is 5.45. The summed E-state index contributed by atoms with van der Waals surface area (Å²) >= 11 is 0. The fraction of sp³-hybridized carbons (Fsp3) is 0.933. The third kappa shape index (κ3) is 5.58. The van der Waals surface area contributed by atoms with E-state index < -0.39 is 0 Å². The zero-order valence-corrected chi connectivity index (χ0v) is 13.2. The number of nitrogens with zero attached hydrogens (tertiary/aromatic N) is 1. The van der Waals surface area contributed by atoms with Gasteiger partial charge in [0.2, 0.25) is 5.91 Å². The van der Waals surface area contributed by atoms with Gasteiger partial charge in [0, 0.05) is 26.1 Å². The van der Waals surface area contributed by atoms with Gasteiger partial charge >= 0.3 is 0 Å². The highest BCUT2D eigenvalue weighted by Gasteiger charge is 2.24. The van der Waals surface area contributed by atoms with Crippen LogP contribution in [0.2, 0.25) is 0 Å². The lowest BCUT2D eigenvalue weighted by Gasteiger charge is -2.33. The molecule has 1 amide bonds. The Hall–Kier alpha value is -0.320. The molecule has 5 heteroatoms. The zero-order chi connectivity index (χ0) is 13.5. The standard InChI is InChI=1S/C15H28N2O2.ClH/c16-9-2-12-19-14-7-10-17(11-8-14)15(18)6-5-13-3-1-4-13;/h13-14H,1-12,16H2;1H. The highest BCUT2D eigenvalue weighted by Crippen LogP contribution is 2.30. The van der Waals surface area contributed by atoms with E-state index in [0.717, 1.165) is 57.7 Å². The van der Waals surface area contributed by atoms with E-state index in [0.29, 0.717) is 18.6 Å². The minimum absolute atomic E-state index is 0. The molecule has 1 aliphatic carbocycles. The minimum Gasteiger partial charge on any atom is -0.378 e. The van der Waals surface area contributed by atoms with Crippen molar-refractivity contribution in [3.63, 3.8) is 0 Å². The van der Waals surface area contributed by atoms with E-state index in [9.17, 15) is 4.79 Å². The molecule has 0 spiro atoms. The molecule has 4 nitrogen and oxygen atoms in total. The van der Waals surface area contributed by atoms with Crippen molar-refractivity contribution in [1.82, 2.24) is 4.90 Å². The summed E-state index contributed by atoms with van der Waals surface area (Å²) < 4.78 is 5.76. The Morgan fingerprint density at radius 2 is 1.90 bits per heavy atom. The van der Waals surface area contributed by atoms with Gasteiger partial charge in [-0.3, -0.25) is 4.79 Å². The molecule has 118 valence electrons. The van der Waals surface area contributed by atoms with Gasteiger partial charge in [-0.25, -0.2) is 0 Å². The lowest BCUT2D eigenvalue weighted by atomic mass is 9.82. The molecule has 20 heavy (non-hydrogen) atoms. The number of hydrogen-bond acceptors (Lipinski definition) is 3. The number of piperidine rings is 1. The van der Waals surface area contributed by atoms with Gasteiger partial charge in [-0.1, -0.05) is 19.3 Å². The van der Waals surface area contributed by atoms with Crippen molar-refractivity contribution in [2.45, 2.75) is 57.5 Å². The van der Waals surface area contributed by atoms with Crippen LogP contribution in [0.15, 0.2) is 0 Å². The number of carbonyl (C=O) groups is 1. The Morgan fingerprint density at radius 3 is 2.45 bits per heavy atom. The fourth-order valence-electron chi connectivity index (χ4n) is 2.87. The van der Waals surface area contributed by atoms with Crippen LogP contribution in [-0.4, -0.2) is 43.2 Å². The lowest BCUT2D eigenvalue weighted by molar-refractivity contribution is -0.134. The average molecular weight is 305 g/mol. The summed E-state index contributed by atoms with van der Waals surface area (Å²) in [7, 11) is 0. The smallest absolute Gasteiger partial charge is 0.222 e. The van der Waals surface area contributed by atoms with Crippen LogP contribution in [0.3, 0.4) is 0 Å². The number of halogens is 1. The molecule has 0 radical (unpaired) electrons. The van der Waals surface area contributed by atoms with Crippen molar-refractivity contribution < 1.29 is 9.53 Å². The second kappa shape index (κ2) is 9.59. The number of hydrogen-bond donors (Lipinski definition) is 1. The summed E-state index contributed by atoms with van der Waals surface area (Å²) in [4.78, 5) is 14.1. The number of likely N-dealkylation sites (tertiary alicyclic amines) is 1. The fourth-order valence-corrected chi connectivity index (χ4v) is 2.87. The largest absolute Gasteiger partial charge is 0.378 e. The molecule has 2 rings (SSSR count). The molecule has 2 N–H and O–H groups in total. The maximum Gasteiger partial charge on any atom is 0.222 e. The zero-order valence-electron chi connectivity index (χ0n) is 12.4. The van der Waals surface area contributed by atoms with Gasteiger partial charge in [-0.2, -0.15) is 0 Å². The van der Waals surface area contributed by atoms with E-state index in [1.165, 1.54) is 19.3 Å². The van der Waals surface area contributed by atoms with Gasteiger partial charge in [0.1, 0.15) is 0 Å². The molecule has 0 unspecified atom stereocenters. The van der Waals surface area contributed by atoms with Crippen molar-refractivity contribution >= 4 is 18.3 Å². The Kier molecular flexibility index (Phi) is 8.50. The third-order valence-corrected chi connectivity index (χ3v) is 4.49. The van der Waals surface area contributed by atoms with Crippen molar-refractivity contribution in [2.75, 3.05) is 26.2 Å². The molecule has 0 bridgehead atoms. The van der Waals surface area contributed by atoms with Crippen LogP contribution in [0, 0.1) is 5.92 Å². The van der Waals surface area contributed by atoms with Crippen LogP contribution in [0.5, 0.6) is 0 Å². The molecule has 2 fully saturated rings. The monoisotopic (exact) mass is 304 g/mol. The molecule has 1 aliphatic heterocycles. The van der Waals surface area contributed by atoms with Crippen LogP contribution >= 0.6 is 12.4 Å². The predicted octanol–water partition coefficient (Wildman–Crippen LogP) is 2.34. The number of rotatable bonds is 7. The van der Waals surface area contributed by atoms with Crippen molar-refractivity contribution in [1.29, 1.82) is 0 Å². The Morgan fingerprint density at radius 1 is 1.20 bits per heavy atom. The summed E-state index contributed by atoms with van der Waals surface area (Å²) in [5, 5.41) is 0. The van der Waals surface area contributed by atoms with Gasteiger partial charge < -0.3 is 15.4 Å². The summed E-state index contributed by atoms with van der Waals surface area (Å²) in [6.45, 7) is 3.20.